The predicted molar refractivity (Wildman–Crippen MR) is 227 cm³/mol. The van der Waals surface area contributed by atoms with Crippen LogP contribution in [0.4, 0.5) is 0 Å². The lowest BCUT2D eigenvalue weighted by Crippen LogP contribution is -1.95. The van der Waals surface area contributed by atoms with E-state index in [1.54, 1.807) is 0 Å². The van der Waals surface area contributed by atoms with E-state index in [1.165, 1.54) is 54.4 Å². The number of para-hydroxylation sites is 3. The van der Waals surface area contributed by atoms with Crippen LogP contribution >= 0.6 is 0 Å². The number of hydrogen-bond acceptors (Lipinski definition) is 1. The fraction of sp³-hybridized carbons (Fsp3) is 0. The van der Waals surface area contributed by atoms with Gasteiger partial charge in [-0.3, -0.25) is 0 Å². The van der Waals surface area contributed by atoms with E-state index in [2.05, 4.69) is 203 Å². The maximum atomic E-state index is 5.23. The summed E-state index contributed by atoms with van der Waals surface area (Å²) in [7, 11) is 0. The van der Waals surface area contributed by atoms with Crippen molar-refractivity contribution in [3.8, 4) is 45.0 Å². The van der Waals surface area contributed by atoms with E-state index in [1.807, 2.05) is 6.07 Å². The highest BCUT2D eigenvalue weighted by molar-refractivity contribution is 6.33. The van der Waals surface area contributed by atoms with Gasteiger partial charge >= 0.3 is 0 Å². The molecule has 0 unspecified atom stereocenters. The van der Waals surface area contributed by atoms with Gasteiger partial charge < -0.3 is 9.13 Å². The zero-order chi connectivity index (χ0) is 35.6. The van der Waals surface area contributed by atoms with Crippen molar-refractivity contribution in [2.75, 3.05) is 0 Å². The summed E-state index contributed by atoms with van der Waals surface area (Å²) in [5.74, 6) is 0. The summed E-state index contributed by atoms with van der Waals surface area (Å²) in [6.07, 6.45) is 0. The Bertz CT molecular complexity index is 3170. The average Bonchev–Trinajstić information content (AvgIpc) is 3.78. The third-order valence-electron chi connectivity index (χ3n) is 10.9. The standard InChI is InChI=1S/C51H33N3/c1-4-14-35(15-5-1)43-31-30-40(51(52-43)37-16-6-2-7-17-37)34-24-28-39(29-25-34)54-45-23-13-11-21-42(45)50-47(54)33-27-36-26-32-46-49(48(36)50)41-20-10-12-22-44(41)53(46)38-18-8-3-9-19-38/h1-33H. The van der Waals surface area contributed by atoms with Crippen molar-refractivity contribution in [3.63, 3.8) is 0 Å². The van der Waals surface area contributed by atoms with Gasteiger partial charge in [-0.15, -0.1) is 0 Å². The maximum absolute atomic E-state index is 5.23. The van der Waals surface area contributed by atoms with Crippen LogP contribution in [0.2, 0.25) is 0 Å². The summed E-state index contributed by atoms with van der Waals surface area (Å²) in [4.78, 5) is 5.23. The van der Waals surface area contributed by atoms with E-state index in [0.717, 1.165) is 45.0 Å². The zero-order valence-electron chi connectivity index (χ0n) is 29.4. The Morgan fingerprint density at radius 2 is 0.815 bits per heavy atom. The highest BCUT2D eigenvalue weighted by Gasteiger charge is 2.20. The van der Waals surface area contributed by atoms with Crippen LogP contribution in [0.3, 0.4) is 0 Å². The molecule has 3 heterocycles. The minimum atomic E-state index is 0.966. The van der Waals surface area contributed by atoms with E-state index in [9.17, 15) is 0 Å². The van der Waals surface area contributed by atoms with E-state index in [4.69, 9.17) is 4.98 Å². The Balaban J connectivity index is 1.13. The first-order chi connectivity index (χ1) is 26.8. The third-order valence-corrected chi connectivity index (χ3v) is 10.9. The van der Waals surface area contributed by atoms with Crippen molar-refractivity contribution in [2.24, 2.45) is 0 Å². The number of rotatable bonds is 5. The Morgan fingerprint density at radius 1 is 0.315 bits per heavy atom. The highest BCUT2D eigenvalue weighted by atomic mass is 15.0. The Hall–Kier alpha value is -7.23. The van der Waals surface area contributed by atoms with Crippen LogP contribution in [-0.2, 0) is 0 Å². The summed E-state index contributed by atoms with van der Waals surface area (Å²) < 4.78 is 4.84. The Labute approximate surface area is 312 Å². The number of benzene rings is 8. The molecule has 0 bridgehead atoms. The van der Waals surface area contributed by atoms with E-state index < -0.39 is 0 Å². The summed E-state index contributed by atoms with van der Waals surface area (Å²) in [6, 6.07) is 71.8. The van der Waals surface area contributed by atoms with Crippen molar-refractivity contribution in [1.29, 1.82) is 0 Å². The first-order valence-corrected chi connectivity index (χ1v) is 18.5. The molecule has 252 valence electrons. The molecule has 0 spiro atoms. The lowest BCUT2D eigenvalue weighted by atomic mass is 9.97. The molecule has 0 aliphatic heterocycles. The van der Waals surface area contributed by atoms with Gasteiger partial charge in [0.1, 0.15) is 0 Å². The van der Waals surface area contributed by atoms with Crippen LogP contribution in [0.5, 0.6) is 0 Å². The second kappa shape index (κ2) is 12.2. The lowest BCUT2D eigenvalue weighted by Gasteiger charge is -2.14. The molecule has 0 atom stereocenters. The van der Waals surface area contributed by atoms with Gasteiger partial charge in [0.25, 0.3) is 0 Å². The van der Waals surface area contributed by atoms with Gasteiger partial charge in [0.05, 0.1) is 33.5 Å². The minimum absolute atomic E-state index is 0.966. The predicted octanol–water partition coefficient (Wildman–Crippen LogP) is 13.4. The van der Waals surface area contributed by atoms with Crippen molar-refractivity contribution >= 4 is 54.4 Å². The molecule has 8 aromatic carbocycles. The van der Waals surface area contributed by atoms with Crippen LogP contribution < -0.4 is 0 Å². The van der Waals surface area contributed by atoms with Gasteiger partial charge in [0.2, 0.25) is 0 Å². The third kappa shape index (κ3) is 4.65. The smallest absolute Gasteiger partial charge is 0.0787 e. The molecule has 3 nitrogen and oxygen atoms in total. The normalized spacial score (nSPS) is 11.7. The average molecular weight is 688 g/mol. The van der Waals surface area contributed by atoms with E-state index >= 15 is 0 Å². The first-order valence-electron chi connectivity index (χ1n) is 18.5. The van der Waals surface area contributed by atoms with Crippen molar-refractivity contribution in [1.82, 2.24) is 14.1 Å². The second-order valence-corrected chi connectivity index (χ2v) is 13.9. The van der Waals surface area contributed by atoms with Gasteiger partial charge in [-0.2, -0.15) is 0 Å². The van der Waals surface area contributed by atoms with Crippen molar-refractivity contribution < 1.29 is 0 Å². The summed E-state index contributed by atoms with van der Waals surface area (Å²) in [5, 5.41) is 7.61. The molecule has 3 aromatic heterocycles. The van der Waals surface area contributed by atoms with Gasteiger partial charge in [0.15, 0.2) is 0 Å². The quantitative estimate of drug-likeness (QED) is 0.177. The van der Waals surface area contributed by atoms with Gasteiger partial charge in [-0.05, 0) is 65.5 Å². The topological polar surface area (TPSA) is 22.8 Å². The molecule has 0 fully saturated rings. The number of pyridine rings is 1. The Kier molecular flexibility index (Phi) is 6.86. The van der Waals surface area contributed by atoms with Crippen molar-refractivity contribution in [3.05, 3.63) is 200 Å². The zero-order valence-corrected chi connectivity index (χ0v) is 29.4. The van der Waals surface area contributed by atoms with Crippen LogP contribution in [0.15, 0.2) is 200 Å². The monoisotopic (exact) mass is 687 g/mol. The summed E-state index contributed by atoms with van der Waals surface area (Å²) in [5.41, 5.74) is 13.5. The molecule has 0 radical (unpaired) electrons. The molecule has 0 amide bonds. The maximum Gasteiger partial charge on any atom is 0.0787 e. The molecular formula is C51H33N3. The second-order valence-electron chi connectivity index (χ2n) is 13.9. The molecule has 0 N–H and O–H groups in total. The lowest BCUT2D eigenvalue weighted by molar-refractivity contribution is 1.18. The van der Waals surface area contributed by atoms with Gasteiger partial charge in [-0.25, -0.2) is 4.98 Å². The van der Waals surface area contributed by atoms with Crippen LogP contribution in [0, 0.1) is 0 Å². The SMILES string of the molecule is c1ccc(-c2ccc(-c3ccc(-n4c5ccccc5c5c6c(ccc7c6c6ccccc6n7-c6ccccc6)ccc54)cc3)c(-c3ccccc3)n2)cc1. The fourth-order valence-corrected chi connectivity index (χ4v) is 8.54. The molecule has 54 heavy (non-hydrogen) atoms. The molecule has 3 heteroatoms. The minimum Gasteiger partial charge on any atom is -0.309 e. The van der Waals surface area contributed by atoms with Crippen LogP contribution in [0.25, 0.3) is 99.4 Å². The number of hydrogen-bond donors (Lipinski definition) is 0. The highest BCUT2D eigenvalue weighted by Crippen LogP contribution is 2.44. The van der Waals surface area contributed by atoms with E-state index in [0.29, 0.717) is 0 Å². The molecular weight excluding hydrogens is 655 g/mol. The van der Waals surface area contributed by atoms with Crippen LogP contribution in [-0.4, -0.2) is 14.1 Å². The number of nitrogens with zero attached hydrogens (tertiary/aromatic N) is 3. The van der Waals surface area contributed by atoms with Gasteiger partial charge in [0, 0.05) is 55.0 Å². The van der Waals surface area contributed by atoms with E-state index in [-0.39, 0.29) is 0 Å². The molecule has 11 aromatic rings. The largest absolute Gasteiger partial charge is 0.309 e. The molecule has 0 aliphatic rings. The van der Waals surface area contributed by atoms with Crippen molar-refractivity contribution in [2.45, 2.75) is 0 Å². The summed E-state index contributed by atoms with van der Waals surface area (Å²) >= 11 is 0. The molecule has 0 saturated heterocycles. The fourth-order valence-electron chi connectivity index (χ4n) is 8.54. The summed E-state index contributed by atoms with van der Waals surface area (Å²) in [6.45, 7) is 0. The van der Waals surface area contributed by atoms with Gasteiger partial charge in [-0.1, -0.05) is 146 Å². The molecule has 0 saturated carbocycles. The molecule has 11 rings (SSSR count). The van der Waals surface area contributed by atoms with Crippen LogP contribution in [0.1, 0.15) is 0 Å². The molecule has 0 aliphatic carbocycles. The number of fused-ring (bicyclic) bond motifs is 9. The number of aromatic nitrogens is 3. The first kappa shape index (κ1) is 30.4. The Morgan fingerprint density at radius 3 is 1.41 bits per heavy atom.